The first-order chi connectivity index (χ1) is 22.4. The fourth-order valence-electron chi connectivity index (χ4n) is 5.52. The number of carbonyl (C=O) groups is 5. The zero-order chi connectivity index (χ0) is 34.2. The molecule has 1 aliphatic carbocycles. The van der Waals surface area contributed by atoms with E-state index in [4.69, 9.17) is 11.5 Å². The number of aliphatic carboxylic acids is 3. The summed E-state index contributed by atoms with van der Waals surface area (Å²) in [4.78, 5) is 80.6. The summed E-state index contributed by atoms with van der Waals surface area (Å²) >= 11 is 0. The molecule has 0 bridgehead atoms. The minimum Gasteiger partial charge on any atom is -0.481 e. The number of nitrogens with zero attached hydrogens (tertiary/aromatic N) is 2. The molecular weight excluding hydrogens is 614 g/mol. The van der Waals surface area contributed by atoms with Crippen LogP contribution in [-0.4, -0.2) is 78.7 Å². The first-order valence-electron chi connectivity index (χ1n) is 14.7. The second-order valence-electron chi connectivity index (χ2n) is 11.0. The van der Waals surface area contributed by atoms with Gasteiger partial charge in [0.1, 0.15) is 24.5 Å². The summed E-state index contributed by atoms with van der Waals surface area (Å²) in [6.07, 6.45) is 5.48. The maximum atomic E-state index is 12.9. The lowest BCUT2D eigenvalue weighted by Crippen LogP contribution is -2.44. The van der Waals surface area contributed by atoms with E-state index in [1.165, 1.54) is 12.1 Å². The van der Waals surface area contributed by atoms with Crippen LogP contribution in [0.4, 0.5) is 5.69 Å². The standard InChI is InChI=1S/C32H33N5O10/c1-2-13-37(25-10-5-18-14-24-21(15-20(18)25)30(43)36-26(16-38)33-24)19-6-3-17(4-7-19)29(42)35-23(32(46)47)8-11-27(39)34-22(31(44)45)9-12-28(40)41/h1,3-4,6-7,14-15,22-23,25,38H,5,8-13,16H2,(H,34,39)(H,35,42)(H,40,41)(H,44,45)(H,46,47)(H,33,36,43)/t22-,23?,25+/m1/s1. The highest BCUT2D eigenvalue weighted by Gasteiger charge is 2.30. The number of aromatic amines is 1. The van der Waals surface area contributed by atoms with Crippen molar-refractivity contribution < 1.29 is 44.4 Å². The van der Waals surface area contributed by atoms with Crippen LogP contribution in [0, 0.1) is 12.3 Å². The number of rotatable bonds is 15. The number of aliphatic hydroxyl groups is 1. The molecule has 0 aliphatic heterocycles. The molecule has 1 unspecified atom stereocenters. The molecule has 4 rings (SSSR count). The number of carbonyl (C=O) groups excluding carboxylic acids is 2. The zero-order valence-electron chi connectivity index (χ0n) is 25.1. The molecule has 47 heavy (non-hydrogen) atoms. The molecule has 7 N–H and O–H groups in total. The Labute approximate surface area is 267 Å². The third-order valence-corrected chi connectivity index (χ3v) is 7.85. The Bertz CT molecular complexity index is 1800. The van der Waals surface area contributed by atoms with Crippen molar-refractivity contribution in [1.29, 1.82) is 0 Å². The van der Waals surface area contributed by atoms with Crippen molar-refractivity contribution in [3.05, 3.63) is 69.3 Å². The van der Waals surface area contributed by atoms with Crippen LogP contribution < -0.4 is 21.1 Å². The van der Waals surface area contributed by atoms with Crippen molar-refractivity contribution in [2.75, 3.05) is 11.4 Å². The van der Waals surface area contributed by atoms with Crippen molar-refractivity contribution >= 4 is 46.3 Å². The molecule has 15 heteroatoms. The summed E-state index contributed by atoms with van der Waals surface area (Å²) in [5.74, 6) is -2.77. The van der Waals surface area contributed by atoms with Gasteiger partial charge in [-0.1, -0.05) is 5.92 Å². The zero-order valence-corrected chi connectivity index (χ0v) is 25.1. The van der Waals surface area contributed by atoms with Crippen LogP contribution in [0.1, 0.15) is 65.5 Å². The molecule has 1 aromatic heterocycles. The van der Waals surface area contributed by atoms with Crippen LogP contribution in [0.2, 0.25) is 0 Å². The van der Waals surface area contributed by atoms with Gasteiger partial charge in [0, 0.05) is 24.1 Å². The first kappa shape index (κ1) is 34.1. The van der Waals surface area contributed by atoms with Gasteiger partial charge in [-0.15, -0.1) is 6.42 Å². The molecule has 0 saturated carbocycles. The Balaban J connectivity index is 1.44. The van der Waals surface area contributed by atoms with Gasteiger partial charge in [0.2, 0.25) is 5.91 Å². The highest BCUT2D eigenvalue weighted by Crippen LogP contribution is 2.39. The van der Waals surface area contributed by atoms with Crippen LogP contribution in [0.3, 0.4) is 0 Å². The third kappa shape index (κ3) is 8.30. The number of fused-ring (bicyclic) bond motifs is 2. The lowest BCUT2D eigenvalue weighted by atomic mass is 10.0. The van der Waals surface area contributed by atoms with E-state index >= 15 is 0 Å². The van der Waals surface area contributed by atoms with Crippen molar-refractivity contribution in [2.45, 2.75) is 63.3 Å². The van der Waals surface area contributed by atoms with Crippen molar-refractivity contribution in [3.8, 4) is 12.3 Å². The molecule has 2 aromatic carbocycles. The highest BCUT2D eigenvalue weighted by molar-refractivity contribution is 5.97. The Morgan fingerprint density at radius 3 is 2.28 bits per heavy atom. The fraction of sp³-hybridized carbons (Fsp3) is 0.344. The second-order valence-corrected chi connectivity index (χ2v) is 11.0. The summed E-state index contributed by atoms with van der Waals surface area (Å²) < 4.78 is 0. The lowest BCUT2D eigenvalue weighted by Gasteiger charge is -2.30. The quantitative estimate of drug-likeness (QED) is 0.114. The van der Waals surface area contributed by atoms with Gasteiger partial charge in [-0.25, -0.2) is 14.6 Å². The summed E-state index contributed by atoms with van der Waals surface area (Å²) in [6.45, 7) is -0.177. The summed E-state index contributed by atoms with van der Waals surface area (Å²) in [6, 6.07) is 6.85. The number of nitrogens with one attached hydrogen (secondary N) is 3. The topological polar surface area (TPSA) is 239 Å². The van der Waals surface area contributed by atoms with Gasteiger partial charge in [-0.2, -0.15) is 0 Å². The molecule has 0 saturated heterocycles. The van der Waals surface area contributed by atoms with E-state index in [1.807, 2.05) is 11.0 Å². The number of aromatic nitrogens is 2. The van der Waals surface area contributed by atoms with Crippen LogP contribution in [-0.2, 0) is 32.2 Å². The van der Waals surface area contributed by atoms with Gasteiger partial charge in [-0.3, -0.25) is 19.2 Å². The van der Waals surface area contributed by atoms with Gasteiger partial charge in [0.05, 0.1) is 23.5 Å². The molecule has 3 aromatic rings. The molecule has 0 fully saturated rings. The number of anilines is 1. The number of hydrogen-bond acceptors (Lipinski definition) is 9. The van der Waals surface area contributed by atoms with Crippen LogP contribution >= 0.6 is 0 Å². The maximum Gasteiger partial charge on any atom is 0.326 e. The average molecular weight is 648 g/mol. The Morgan fingerprint density at radius 1 is 1.00 bits per heavy atom. The summed E-state index contributed by atoms with van der Waals surface area (Å²) in [5, 5.41) is 41.9. The summed E-state index contributed by atoms with van der Waals surface area (Å²) in [5.41, 5.74) is 2.84. The van der Waals surface area contributed by atoms with Crippen molar-refractivity contribution in [1.82, 2.24) is 20.6 Å². The number of benzene rings is 2. The highest BCUT2D eigenvalue weighted by atomic mass is 16.4. The van der Waals surface area contributed by atoms with E-state index in [0.29, 0.717) is 29.4 Å². The van der Waals surface area contributed by atoms with E-state index < -0.39 is 61.3 Å². The average Bonchev–Trinajstić information content (AvgIpc) is 3.44. The van der Waals surface area contributed by atoms with E-state index in [1.54, 1.807) is 18.2 Å². The Kier molecular flexibility index (Phi) is 10.9. The first-order valence-corrected chi connectivity index (χ1v) is 14.7. The fourth-order valence-corrected chi connectivity index (χ4v) is 5.52. The van der Waals surface area contributed by atoms with E-state index in [9.17, 15) is 44.1 Å². The number of carboxylic acid groups (broad SMARTS) is 3. The van der Waals surface area contributed by atoms with Gasteiger partial charge in [-0.05, 0) is 73.2 Å². The molecule has 0 radical (unpaired) electrons. The van der Waals surface area contributed by atoms with Gasteiger partial charge in [0.25, 0.3) is 11.5 Å². The molecule has 2 amide bonds. The molecule has 0 spiro atoms. The van der Waals surface area contributed by atoms with Gasteiger partial charge in [0.15, 0.2) is 0 Å². The molecule has 1 aliphatic rings. The Hall–Kier alpha value is -5.75. The normalized spacial score (nSPS) is 14.8. The number of amides is 2. The largest absolute Gasteiger partial charge is 0.481 e. The monoisotopic (exact) mass is 647 g/mol. The maximum absolute atomic E-state index is 12.9. The number of terminal acetylenes is 1. The molecule has 246 valence electrons. The van der Waals surface area contributed by atoms with Crippen molar-refractivity contribution in [3.63, 3.8) is 0 Å². The van der Waals surface area contributed by atoms with E-state index in [0.717, 1.165) is 11.1 Å². The predicted octanol–water partition coefficient (Wildman–Crippen LogP) is 0.940. The van der Waals surface area contributed by atoms with Gasteiger partial charge >= 0.3 is 17.9 Å². The molecule has 15 nitrogen and oxygen atoms in total. The van der Waals surface area contributed by atoms with Gasteiger partial charge < -0.3 is 40.9 Å². The number of aliphatic hydroxyl groups excluding tert-OH is 1. The minimum atomic E-state index is -1.47. The van der Waals surface area contributed by atoms with Crippen LogP contribution in [0.15, 0.2) is 41.2 Å². The van der Waals surface area contributed by atoms with E-state index in [-0.39, 0.29) is 42.4 Å². The molecular formula is C32H33N5O10. The molecule has 1 heterocycles. The molecule has 3 atom stereocenters. The smallest absolute Gasteiger partial charge is 0.326 e. The predicted molar refractivity (Wildman–Crippen MR) is 167 cm³/mol. The number of aryl methyl sites for hydroxylation is 1. The van der Waals surface area contributed by atoms with E-state index in [2.05, 4.69) is 26.5 Å². The Morgan fingerprint density at radius 2 is 1.66 bits per heavy atom. The number of H-pyrrole nitrogens is 1. The van der Waals surface area contributed by atoms with Crippen LogP contribution in [0.25, 0.3) is 10.9 Å². The third-order valence-electron chi connectivity index (χ3n) is 7.85. The minimum absolute atomic E-state index is 0.139. The lowest BCUT2D eigenvalue weighted by molar-refractivity contribution is -0.143. The SMILES string of the molecule is C#CCN(c1ccc(C(=O)NC(CCC(=O)N[C@H](CCC(=O)O)C(=O)O)C(=O)O)cc1)[C@H]1CCc2cc3nc(CO)[nH]c(=O)c3cc21. The second kappa shape index (κ2) is 15.0. The van der Waals surface area contributed by atoms with Crippen LogP contribution in [0.5, 0.6) is 0 Å². The van der Waals surface area contributed by atoms with Crippen molar-refractivity contribution in [2.24, 2.45) is 0 Å². The summed E-state index contributed by atoms with van der Waals surface area (Å²) in [7, 11) is 0. The number of hydrogen-bond donors (Lipinski definition) is 7. The number of carboxylic acids is 3.